The molecule has 0 fully saturated rings. The lowest BCUT2D eigenvalue weighted by Gasteiger charge is -2.15. The average Bonchev–Trinajstić information content (AvgIpc) is 3.30. The molecule has 0 saturated carbocycles. The molecule has 3 rings (SSSR count). The van der Waals surface area contributed by atoms with Crippen molar-refractivity contribution in [3.63, 3.8) is 0 Å². The van der Waals surface area contributed by atoms with E-state index in [1.54, 1.807) is 23.5 Å². The second kappa shape index (κ2) is 8.00. The van der Waals surface area contributed by atoms with E-state index in [-0.39, 0.29) is 11.4 Å². The number of ether oxygens (including phenoxy) is 1. The number of amides is 2. The van der Waals surface area contributed by atoms with E-state index in [1.165, 1.54) is 25.1 Å². The van der Waals surface area contributed by atoms with Gasteiger partial charge in [0.15, 0.2) is 23.4 Å². The maximum Gasteiger partial charge on any atom is 0.290 e. The van der Waals surface area contributed by atoms with Crippen LogP contribution in [0.1, 0.15) is 22.3 Å². The summed E-state index contributed by atoms with van der Waals surface area (Å²) in [5.41, 5.74) is 5.33. The highest BCUT2D eigenvalue weighted by Gasteiger charge is 2.18. The summed E-state index contributed by atoms with van der Waals surface area (Å²) in [7, 11) is 0. The smallest absolute Gasteiger partial charge is 0.290 e. The lowest BCUT2D eigenvalue weighted by molar-refractivity contribution is -0.128. The van der Waals surface area contributed by atoms with Crippen LogP contribution in [0.4, 0.5) is 4.39 Å². The van der Waals surface area contributed by atoms with E-state index in [1.807, 2.05) is 19.1 Å². The number of benzene rings is 1. The molecule has 1 aromatic carbocycles. The largest absolute Gasteiger partial charge is 0.478 e. The summed E-state index contributed by atoms with van der Waals surface area (Å²) < 4.78 is 18.8. The number of halogens is 1. The molecular formula is C18H17FN4O3S. The van der Waals surface area contributed by atoms with Crippen LogP contribution >= 0.6 is 11.3 Å². The van der Waals surface area contributed by atoms with Crippen LogP contribution in [0.25, 0.3) is 10.6 Å². The molecular weight excluding hydrogens is 371 g/mol. The van der Waals surface area contributed by atoms with E-state index in [0.29, 0.717) is 5.69 Å². The van der Waals surface area contributed by atoms with Gasteiger partial charge in [-0.05, 0) is 44.2 Å². The molecule has 3 aromatic rings. The van der Waals surface area contributed by atoms with Crippen LogP contribution < -0.4 is 15.6 Å². The molecule has 3 N–H and O–H groups in total. The molecule has 1 unspecified atom stereocenters. The van der Waals surface area contributed by atoms with Crippen LogP contribution in [-0.4, -0.2) is 28.1 Å². The van der Waals surface area contributed by atoms with Gasteiger partial charge < -0.3 is 4.74 Å². The SMILES string of the molecule is Cc1ccc(-c2cc(C(=O)NNC(=O)C(C)Oc3ccccc3F)n[nH]2)s1. The zero-order chi connectivity index (χ0) is 19.4. The molecule has 140 valence electrons. The molecule has 1 atom stereocenters. The molecule has 0 aliphatic heterocycles. The van der Waals surface area contributed by atoms with Crippen molar-refractivity contribution in [1.29, 1.82) is 0 Å². The highest BCUT2D eigenvalue weighted by atomic mass is 32.1. The number of thiophene rings is 1. The van der Waals surface area contributed by atoms with Crippen molar-refractivity contribution >= 4 is 23.2 Å². The Kier molecular flexibility index (Phi) is 5.51. The Labute approximate surface area is 158 Å². The van der Waals surface area contributed by atoms with Gasteiger partial charge >= 0.3 is 0 Å². The lowest BCUT2D eigenvalue weighted by atomic mass is 10.3. The zero-order valence-electron chi connectivity index (χ0n) is 14.6. The molecule has 0 aliphatic carbocycles. The van der Waals surface area contributed by atoms with Crippen LogP contribution in [0.2, 0.25) is 0 Å². The van der Waals surface area contributed by atoms with Crippen molar-refractivity contribution in [1.82, 2.24) is 21.0 Å². The second-order valence-electron chi connectivity index (χ2n) is 5.71. The molecule has 2 aromatic heterocycles. The van der Waals surface area contributed by atoms with Gasteiger partial charge in [0, 0.05) is 4.88 Å². The fourth-order valence-corrected chi connectivity index (χ4v) is 3.05. The predicted octanol–water partition coefficient (Wildman–Crippen LogP) is 2.81. The summed E-state index contributed by atoms with van der Waals surface area (Å²) in [6.45, 7) is 3.43. The van der Waals surface area contributed by atoms with E-state index >= 15 is 0 Å². The highest BCUT2D eigenvalue weighted by molar-refractivity contribution is 7.15. The van der Waals surface area contributed by atoms with Gasteiger partial charge in [0.1, 0.15) is 0 Å². The zero-order valence-corrected chi connectivity index (χ0v) is 15.4. The number of hydrogen-bond acceptors (Lipinski definition) is 5. The number of hydrogen-bond donors (Lipinski definition) is 3. The number of nitrogens with zero attached hydrogens (tertiary/aromatic N) is 1. The summed E-state index contributed by atoms with van der Waals surface area (Å²) in [5, 5.41) is 6.73. The predicted molar refractivity (Wildman–Crippen MR) is 98.7 cm³/mol. The van der Waals surface area contributed by atoms with Crippen LogP contribution in [0.3, 0.4) is 0 Å². The first-order valence-corrected chi connectivity index (χ1v) is 8.89. The number of para-hydroxylation sites is 1. The van der Waals surface area contributed by atoms with Gasteiger partial charge in [-0.15, -0.1) is 11.3 Å². The standard InChI is InChI=1S/C18H17FN4O3S/c1-10-7-8-16(27-10)13-9-14(21-20-13)18(25)23-22-17(24)11(2)26-15-6-4-3-5-12(15)19/h3-9,11H,1-2H3,(H,20,21)(H,22,24)(H,23,25). The van der Waals surface area contributed by atoms with Crippen LogP contribution in [0.5, 0.6) is 5.75 Å². The minimum absolute atomic E-state index is 0.0466. The van der Waals surface area contributed by atoms with Crippen LogP contribution in [0.15, 0.2) is 42.5 Å². The number of aromatic amines is 1. The first-order chi connectivity index (χ1) is 12.9. The summed E-state index contributed by atoms with van der Waals surface area (Å²) >= 11 is 1.57. The van der Waals surface area contributed by atoms with Crippen molar-refractivity contribution in [2.75, 3.05) is 0 Å². The molecule has 0 aliphatic rings. The molecule has 2 heterocycles. The quantitative estimate of drug-likeness (QED) is 0.586. The minimum atomic E-state index is -1.01. The number of rotatable bonds is 5. The Morgan fingerprint density at radius 3 is 2.70 bits per heavy atom. The van der Waals surface area contributed by atoms with E-state index in [0.717, 1.165) is 9.75 Å². The number of aryl methyl sites for hydroxylation is 1. The maximum absolute atomic E-state index is 13.6. The molecule has 0 radical (unpaired) electrons. The fourth-order valence-electron chi connectivity index (χ4n) is 2.21. The first kappa shape index (κ1) is 18.6. The summed E-state index contributed by atoms with van der Waals surface area (Å²) in [4.78, 5) is 26.2. The van der Waals surface area contributed by atoms with Gasteiger partial charge in [-0.1, -0.05) is 12.1 Å². The van der Waals surface area contributed by atoms with E-state index in [2.05, 4.69) is 21.0 Å². The molecule has 27 heavy (non-hydrogen) atoms. The summed E-state index contributed by atoms with van der Waals surface area (Å²) in [6.07, 6.45) is -1.01. The van der Waals surface area contributed by atoms with Crippen molar-refractivity contribution in [2.24, 2.45) is 0 Å². The normalized spacial score (nSPS) is 11.7. The fraction of sp³-hybridized carbons (Fsp3) is 0.167. The van der Waals surface area contributed by atoms with Crippen LogP contribution in [0, 0.1) is 12.7 Å². The van der Waals surface area contributed by atoms with E-state index < -0.39 is 23.7 Å². The molecule has 7 nitrogen and oxygen atoms in total. The van der Waals surface area contributed by atoms with Gasteiger partial charge in [0.25, 0.3) is 11.8 Å². The van der Waals surface area contributed by atoms with E-state index in [4.69, 9.17) is 4.74 Å². The Balaban J connectivity index is 1.55. The van der Waals surface area contributed by atoms with Gasteiger partial charge in [-0.3, -0.25) is 25.5 Å². The molecule has 0 bridgehead atoms. The Hall–Kier alpha value is -3.20. The Morgan fingerprint density at radius 1 is 1.22 bits per heavy atom. The van der Waals surface area contributed by atoms with Gasteiger partial charge in [0.05, 0.1) is 10.6 Å². The summed E-state index contributed by atoms with van der Waals surface area (Å²) in [5.74, 6) is -1.84. The van der Waals surface area contributed by atoms with Crippen molar-refractivity contribution in [3.8, 4) is 16.3 Å². The van der Waals surface area contributed by atoms with Crippen LogP contribution in [-0.2, 0) is 4.79 Å². The second-order valence-corrected chi connectivity index (χ2v) is 7.00. The third kappa shape index (κ3) is 4.50. The maximum atomic E-state index is 13.6. The number of carbonyl (C=O) groups excluding carboxylic acids is 2. The first-order valence-electron chi connectivity index (χ1n) is 8.07. The lowest BCUT2D eigenvalue weighted by Crippen LogP contribution is -2.47. The molecule has 0 saturated heterocycles. The van der Waals surface area contributed by atoms with Crippen molar-refractivity contribution in [3.05, 3.63) is 58.9 Å². The Bertz CT molecular complexity index is 969. The van der Waals surface area contributed by atoms with Gasteiger partial charge in [-0.2, -0.15) is 5.10 Å². The van der Waals surface area contributed by atoms with E-state index in [9.17, 15) is 14.0 Å². The average molecular weight is 388 g/mol. The Morgan fingerprint density at radius 2 is 2.00 bits per heavy atom. The summed E-state index contributed by atoms with van der Waals surface area (Å²) in [6, 6.07) is 11.2. The number of hydrazine groups is 1. The number of aromatic nitrogens is 2. The van der Waals surface area contributed by atoms with Crippen molar-refractivity contribution in [2.45, 2.75) is 20.0 Å². The number of nitrogens with one attached hydrogen (secondary N) is 3. The molecule has 0 spiro atoms. The molecule has 9 heteroatoms. The number of H-pyrrole nitrogens is 1. The van der Waals surface area contributed by atoms with Gasteiger partial charge in [-0.25, -0.2) is 4.39 Å². The highest BCUT2D eigenvalue weighted by Crippen LogP contribution is 2.26. The minimum Gasteiger partial charge on any atom is -0.478 e. The third-order valence-electron chi connectivity index (χ3n) is 3.63. The monoisotopic (exact) mass is 388 g/mol. The number of carbonyl (C=O) groups is 2. The third-order valence-corrected chi connectivity index (χ3v) is 4.66. The van der Waals surface area contributed by atoms with Gasteiger partial charge in [0.2, 0.25) is 0 Å². The van der Waals surface area contributed by atoms with Crippen molar-refractivity contribution < 1.29 is 18.7 Å². The topological polar surface area (TPSA) is 96.1 Å². The molecule has 2 amide bonds.